The van der Waals surface area contributed by atoms with Crippen LogP contribution in [0.1, 0.15) is 0 Å². The van der Waals surface area contributed by atoms with Gasteiger partial charge in [0.25, 0.3) is 0 Å². The maximum Gasteiger partial charge on any atom is 0.336 e. The molecule has 0 saturated carbocycles. The van der Waals surface area contributed by atoms with Crippen molar-refractivity contribution in [1.82, 2.24) is 0 Å². The highest BCUT2D eigenvalue weighted by Crippen LogP contribution is 2.22. The molecule has 1 heterocycles. The van der Waals surface area contributed by atoms with E-state index in [2.05, 4.69) is 11.3 Å². The Labute approximate surface area is 57.1 Å². The average Bonchev–Trinajstić information content (AvgIpc) is 2.64. The molecule has 0 aromatic rings. The molecule has 0 spiro atoms. The third-order valence-corrected chi connectivity index (χ3v) is 1.22. The van der Waals surface area contributed by atoms with Crippen molar-refractivity contribution in [3.63, 3.8) is 0 Å². The van der Waals surface area contributed by atoms with Crippen LogP contribution in [0.25, 0.3) is 0 Å². The normalized spacial score (nSPS) is 29.2. The summed E-state index contributed by atoms with van der Waals surface area (Å²) in [7, 11) is 0. The van der Waals surface area contributed by atoms with Gasteiger partial charge in [-0.15, -0.1) is 0 Å². The first-order valence-corrected chi connectivity index (χ1v) is 2.71. The van der Waals surface area contributed by atoms with E-state index in [1.807, 2.05) is 0 Å². The van der Waals surface area contributed by atoms with Crippen molar-refractivity contribution in [2.24, 2.45) is 0 Å². The van der Waals surface area contributed by atoms with Crippen LogP contribution in [0, 0.1) is 0 Å². The Balaban J connectivity index is 2.46. The van der Waals surface area contributed by atoms with E-state index in [9.17, 15) is 9.59 Å². The number of carbonyl (C=O) groups is 2. The van der Waals surface area contributed by atoms with Gasteiger partial charge in [0.15, 0.2) is 18.0 Å². The first-order chi connectivity index (χ1) is 4.66. The van der Waals surface area contributed by atoms with E-state index in [0.717, 1.165) is 6.08 Å². The largest absolute Gasteiger partial charge is 0.479 e. The molecule has 2 atom stereocenters. The van der Waals surface area contributed by atoms with Crippen LogP contribution in [0.5, 0.6) is 0 Å². The SMILES string of the molecule is C=CC(=O)C1OC1C(=O)O. The molecule has 54 valence electrons. The average molecular weight is 142 g/mol. The van der Waals surface area contributed by atoms with Gasteiger partial charge in [-0.25, -0.2) is 4.79 Å². The Hall–Kier alpha value is -1.16. The molecule has 0 bridgehead atoms. The first kappa shape index (κ1) is 6.95. The molecule has 2 unspecified atom stereocenters. The van der Waals surface area contributed by atoms with Crippen molar-refractivity contribution in [3.8, 4) is 0 Å². The number of epoxide rings is 1. The summed E-state index contributed by atoms with van der Waals surface area (Å²) in [6.45, 7) is 3.19. The molecule has 0 radical (unpaired) electrons. The number of aliphatic carboxylic acids is 1. The summed E-state index contributed by atoms with van der Waals surface area (Å²) in [6, 6.07) is 0. The van der Waals surface area contributed by atoms with Gasteiger partial charge in [0.1, 0.15) is 0 Å². The highest BCUT2D eigenvalue weighted by atomic mass is 16.6. The highest BCUT2D eigenvalue weighted by Gasteiger charge is 2.49. The lowest BCUT2D eigenvalue weighted by atomic mass is 10.2. The standard InChI is InChI=1S/C6H6O4/c1-2-3(7)4-5(10-4)6(8)9/h2,4-5H,1H2,(H,8,9). The smallest absolute Gasteiger partial charge is 0.336 e. The molecule has 1 fully saturated rings. The van der Waals surface area contributed by atoms with Crippen LogP contribution >= 0.6 is 0 Å². The van der Waals surface area contributed by atoms with Crippen molar-refractivity contribution in [2.45, 2.75) is 12.2 Å². The summed E-state index contributed by atoms with van der Waals surface area (Å²) in [5.41, 5.74) is 0. The Morgan fingerprint density at radius 2 is 2.10 bits per heavy atom. The second kappa shape index (κ2) is 2.22. The molecule has 0 aromatic heterocycles. The zero-order valence-corrected chi connectivity index (χ0v) is 5.11. The van der Waals surface area contributed by atoms with E-state index in [-0.39, 0.29) is 5.78 Å². The Bertz CT molecular complexity index is 196. The zero-order valence-electron chi connectivity index (χ0n) is 5.11. The first-order valence-electron chi connectivity index (χ1n) is 2.71. The number of hydrogen-bond donors (Lipinski definition) is 1. The van der Waals surface area contributed by atoms with Gasteiger partial charge in [-0.05, 0) is 6.08 Å². The fraction of sp³-hybridized carbons (Fsp3) is 0.333. The van der Waals surface area contributed by atoms with Gasteiger partial charge in [0.2, 0.25) is 0 Å². The van der Waals surface area contributed by atoms with Gasteiger partial charge in [-0.2, -0.15) is 0 Å². The van der Waals surface area contributed by atoms with Crippen LogP contribution < -0.4 is 0 Å². The van der Waals surface area contributed by atoms with Crippen LogP contribution in [-0.4, -0.2) is 29.1 Å². The molecule has 1 saturated heterocycles. The summed E-state index contributed by atoms with van der Waals surface area (Å²) >= 11 is 0. The molecule has 0 aromatic carbocycles. The second-order valence-electron chi connectivity index (χ2n) is 1.92. The Morgan fingerprint density at radius 3 is 2.40 bits per heavy atom. The molecule has 10 heavy (non-hydrogen) atoms. The predicted octanol–water partition coefficient (Wildman–Crippen LogP) is -0.407. The quantitative estimate of drug-likeness (QED) is 0.429. The summed E-state index contributed by atoms with van der Waals surface area (Å²) in [4.78, 5) is 20.7. The number of hydrogen-bond acceptors (Lipinski definition) is 3. The maximum absolute atomic E-state index is 10.6. The van der Waals surface area contributed by atoms with Crippen molar-refractivity contribution in [3.05, 3.63) is 12.7 Å². The molecule has 0 aliphatic carbocycles. The lowest BCUT2D eigenvalue weighted by molar-refractivity contribution is -0.138. The van der Waals surface area contributed by atoms with E-state index in [4.69, 9.17) is 5.11 Å². The Kier molecular flexibility index (Phi) is 1.55. The predicted molar refractivity (Wildman–Crippen MR) is 31.5 cm³/mol. The summed E-state index contributed by atoms with van der Waals surface area (Å²) in [6.07, 6.45) is -0.659. The van der Waals surface area contributed by atoms with Gasteiger partial charge in [0, 0.05) is 0 Å². The van der Waals surface area contributed by atoms with Crippen LogP contribution in [0.15, 0.2) is 12.7 Å². The molecule has 1 aliphatic rings. The van der Waals surface area contributed by atoms with E-state index in [1.54, 1.807) is 0 Å². The van der Waals surface area contributed by atoms with Gasteiger partial charge in [-0.1, -0.05) is 6.58 Å². The van der Waals surface area contributed by atoms with E-state index in [0.29, 0.717) is 0 Å². The van der Waals surface area contributed by atoms with E-state index in [1.165, 1.54) is 0 Å². The fourth-order valence-electron chi connectivity index (χ4n) is 0.633. The number of ketones is 1. The Morgan fingerprint density at radius 1 is 1.50 bits per heavy atom. The third kappa shape index (κ3) is 1.06. The van der Waals surface area contributed by atoms with E-state index >= 15 is 0 Å². The molecule has 0 amide bonds. The lowest BCUT2D eigenvalue weighted by Crippen LogP contribution is -2.13. The van der Waals surface area contributed by atoms with Crippen LogP contribution in [0.4, 0.5) is 0 Å². The maximum atomic E-state index is 10.6. The molecule has 4 nitrogen and oxygen atoms in total. The number of carboxylic acids is 1. The number of rotatable bonds is 3. The number of carboxylic acid groups (broad SMARTS) is 1. The summed E-state index contributed by atoms with van der Waals surface area (Å²) < 4.78 is 4.51. The molecule has 1 N–H and O–H groups in total. The minimum atomic E-state index is -1.10. The van der Waals surface area contributed by atoms with Gasteiger partial charge in [-0.3, -0.25) is 4.79 Å². The minimum absolute atomic E-state index is 0.368. The van der Waals surface area contributed by atoms with Crippen LogP contribution in [0.3, 0.4) is 0 Å². The molecule has 1 rings (SSSR count). The third-order valence-electron chi connectivity index (χ3n) is 1.22. The molecule has 4 heteroatoms. The number of ether oxygens (including phenoxy) is 1. The topological polar surface area (TPSA) is 66.9 Å². The van der Waals surface area contributed by atoms with Crippen molar-refractivity contribution in [2.75, 3.05) is 0 Å². The monoisotopic (exact) mass is 142 g/mol. The van der Waals surface area contributed by atoms with Gasteiger partial charge < -0.3 is 9.84 Å². The van der Waals surface area contributed by atoms with Gasteiger partial charge >= 0.3 is 5.97 Å². The van der Waals surface area contributed by atoms with E-state index < -0.39 is 18.2 Å². The van der Waals surface area contributed by atoms with Gasteiger partial charge in [0.05, 0.1) is 0 Å². The fourth-order valence-corrected chi connectivity index (χ4v) is 0.633. The summed E-state index contributed by atoms with van der Waals surface area (Å²) in [5, 5.41) is 8.26. The second-order valence-corrected chi connectivity index (χ2v) is 1.92. The highest BCUT2D eigenvalue weighted by molar-refractivity contribution is 5.99. The molecule has 1 aliphatic heterocycles. The zero-order chi connectivity index (χ0) is 7.72. The van der Waals surface area contributed by atoms with Crippen molar-refractivity contribution < 1.29 is 19.4 Å². The van der Waals surface area contributed by atoms with Crippen molar-refractivity contribution in [1.29, 1.82) is 0 Å². The van der Waals surface area contributed by atoms with Crippen molar-refractivity contribution >= 4 is 11.8 Å². The lowest BCUT2D eigenvalue weighted by Gasteiger charge is -1.80. The molecular formula is C6H6O4. The molecular weight excluding hydrogens is 136 g/mol. The summed E-state index contributed by atoms with van der Waals surface area (Å²) in [5.74, 6) is -1.47. The van der Waals surface area contributed by atoms with Crippen LogP contribution in [-0.2, 0) is 14.3 Å². The number of carbonyl (C=O) groups excluding carboxylic acids is 1. The van der Waals surface area contributed by atoms with Crippen LogP contribution in [0.2, 0.25) is 0 Å². The minimum Gasteiger partial charge on any atom is -0.479 e.